The maximum atomic E-state index is 13.7. The maximum absolute atomic E-state index is 13.7. The van der Waals surface area contributed by atoms with Crippen molar-refractivity contribution in [3.8, 4) is 10.6 Å². The van der Waals surface area contributed by atoms with Gasteiger partial charge in [-0.05, 0) is 96.2 Å². The van der Waals surface area contributed by atoms with Crippen LogP contribution in [0.3, 0.4) is 0 Å². The summed E-state index contributed by atoms with van der Waals surface area (Å²) in [6.07, 6.45) is 1.38. The van der Waals surface area contributed by atoms with Gasteiger partial charge in [0.1, 0.15) is 5.60 Å². The van der Waals surface area contributed by atoms with E-state index < -0.39 is 13.9 Å². The number of aromatic nitrogens is 1. The lowest BCUT2D eigenvalue weighted by Gasteiger charge is -2.43. The fraction of sp³-hybridized carbons (Fsp3) is 0.310. The molecule has 248 valence electrons. The molecule has 0 spiro atoms. The molecule has 0 aliphatic carbocycles. The van der Waals surface area contributed by atoms with E-state index >= 15 is 0 Å². The molecule has 4 nitrogen and oxygen atoms in total. The van der Waals surface area contributed by atoms with Crippen LogP contribution in [0.1, 0.15) is 65.2 Å². The summed E-state index contributed by atoms with van der Waals surface area (Å²) >= 11 is 1.76. The normalized spacial score (nSPS) is 12.6. The Morgan fingerprint density at radius 2 is 1.42 bits per heavy atom. The van der Waals surface area contributed by atoms with Crippen LogP contribution in [0.15, 0.2) is 103 Å². The number of thiophene rings is 1. The van der Waals surface area contributed by atoms with Crippen molar-refractivity contribution in [3.05, 3.63) is 120 Å². The molecule has 4 aromatic carbocycles. The minimum Gasteiger partial charge on any atom is -0.443 e. The van der Waals surface area contributed by atoms with Crippen LogP contribution < -0.4 is 10.4 Å². The second kappa shape index (κ2) is 13.1. The van der Waals surface area contributed by atoms with E-state index in [1.54, 1.807) is 15.9 Å². The Hall–Kier alpha value is -3.97. The lowest BCUT2D eigenvalue weighted by Crippen LogP contribution is -2.66. The Morgan fingerprint density at radius 1 is 0.812 bits per heavy atom. The highest BCUT2D eigenvalue weighted by Crippen LogP contribution is 2.43. The van der Waals surface area contributed by atoms with Gasteiger partial charge in [0.25, 0.3) is 8.32 Å². The minimum atomic E-state index is -2.66. The van der Waals surface area contributed by atoms with E-state index in [0.29, 0.717) is 6.61 Å². The van der Waals surface area contributed by atoms with Crippen LogP contribution in [0.5, 0.6) is 0 Å². The summed E-state index contributed by atoms with van der Waals surface area (Å²) in [7, 11) is -2.66. The molecule has 0 unspecified atom stereocenters. The number of para-hydroxylation sites is 1. The molecule has 0 saturated heterocycles. The Balaban J connectivity index is 1.44. The van der Waals surface area contributed by atoms with Gasteiger partial charge in [0.2, 0.25) is 0 Å². The van der Waals surface area contributed by atoms with Crippen molar-refractivity contribution in [2.24, 2.45) is 0 Å². The molecule has 2 heterocycles. The number of carbonyl (C=O) groups excluding carboxylic acids is 1. The van der Waals surface area contributed by atoms with Crippen LogP contribution in [0, 0.1) is 6.92 Å². The summed E-state index contributed by atoms with van der Waals surface area (Å²) in [5.74, 6) is 0. The number of nitrogens with zero attached hydrogens (tertiary/aromatic N) is 1. The predicted molar refractivity (Wildman–Crippen MR) is 206 cm³/mol. The zero-order valence-electron chi connectivity index (χ0n) is 29.5. The molecular formula is C42H47NO3SSi. The first-order valence-electron chi connectivity index (χ1n) is 17.0. The topological polar surface area (TPSA) is 40.5 Å². The lowest BCUT2D eigenvalue weighted by atomic mass is 9.99. The lowest BCUT2D eigenvalue weighted by molar-refractivity contribution is 0.0547. The SMILES string of the molecule is CCc1cc(CCO[Si](c2ccccc2)(c2ccccc2)C(C)(C)C)c2c(C)c(-c3cc4ccccc4n3C(=O)OC(C)(C)C)sc2c1. The second-order valence-electron chi connectivity index (χ2n) is 14.7. The molecule has 48 heavy (non-hydrogen) atoms. The van der Waals surface area contributed by atoms with E-state index in [1.165, 1.54) is 37.1 Å². The van der Waals surface area contributed by atoms with Gasteiger partial charge in [-0.2, -0.15) is 0 Å². The van der Waals surface area contributed by atoms with E-state index in [-0.39, 0.29) is 11.1 Å². The van der Waals surface area contributed by atoms with Crippen molar-refractivity contribution in [1.29, 1.82) is 0 Å². The van der Waals surface area contributed by atoms with E-state index in [0.717, 1.165) is 34.3 Å². The van der Waals surface area contributed by atoms with E-state index in [2.05, 4.69) is 120 Å². The average molecular weight is 674 g/mol. The first-order valence-corrected chi connectivity index (χ1v) is 19.7. The average Bonchev–Trinajstić information content (AvgIpc) is 3.60. The van der Waals surface area contributed by atoms with Gasteiger partial charge >= 0.3 is 6.09 Å². The van der Waals surface area contributed by atoms with Crippen molar-refractivity contribution < 1.29 is 14.0 Å². The number of rotatable bonds is 8. The van der Waals surface area contributed by atoms with Gasteiger partial charge in [-0.15, -0.1) is 11.3 Å². The van der Waals surface area contributed by atoms with Gasteiger partial charge in [0.05, 0.1) is 16.1 Å². The van der Waals surface area contributed by atoms with Gasteiger partial charge < -0.3 is 9.16 Å². The monoisotopic (exact) mass is 673 g/mol. The molecule has 0 N–H and O–H groups in total. The van der Waals surface area contributed by atoms with Crippen LogP contribution in [0.4, 0.5) is 4.79 Å². The van der Waals surface area contributed by atoms with Gasteiger partial charge in [-0.3, -0.25) is 0 Å². The molecule has 6 heteroatoms. The molecule has 0 fully saturated rings. The summed E-state index contributed by atoms with van der Waals surface area (Å²) < 4.78 is 16.3. The van der Waals surface area contributed by atoms with E-state index in [9.17, 15) is 4.79 Å². The highest BCUT2D eigenvalue weighted by Gasteiger charge is 2.50. The van der Waals surface area contributed by atoms with Crippen LogP contribution in [0.25, 0.3) is 31.6 Å². The first kappa shape index (κ1) is 33.9. The van der Waals surface area contributed by atoms with Crippen LogP contribution >= 0.6 is 11.3 Å². The molecule has 0 saturated carbocycles. The Kier molecular flexibility index (Phi) is 9.29. The van der Waals surface area contributed by atoms with Crippen LogP contribution in [0.2, 0.25) is 5.04 Å². The maximum Gasteiger partial charge on any atom is 0.419 e. The largest absolute Gasteiger partial charge is 0.443 e. The van der Waals surface area contributed by atoms with Gasteiger partial charge in [-0.25, -0.2) is 9.36 Å². The highest BCUT2D eigenvalue weighted by molar-refractivity contribution is 7.22. The molecule has 6 aromatic rings. The number of hydrogen-bond acceptors (Lipinski definition) is 4. The number of carbonyl (C=O) groups is 1. The smallest absolute Gasteiger partial charge is 0.419 e. The van der Waals surface area contributed by atoms with Crippen molar-refractivity contribution in [2.75, 3.05) is 6.61 Å². The zero-order chi connectivity index (χ0) is 34.3. The molecular weight excluding hydrogens is 627 g/mol. The molecule has 0 amide bonds. The third-order valence-electron chi connectivity index (χ3n) is 9.21. The Labute approximate surface area is 290 Å². The molecule has 0 aliphatic rings. The summed E-state index contributed by atoms with van der Waals surface area (Å²) in [5.41, 5.74) is 4.91. The van der Waals surface area contributed by atoms with E-state index in [1.807, 2.05) is 39.0 Å². The van der Waals surface area contributed by atoms with Crippen LogP contribution in [-0.4, -0.2) is 31.2 Å². The Morgan fingerprint density at radius 3 is 2.00 bits per heavy atom. The van der Waals surface area contributed by atoms with E-state index in [4.69, 9.17) is 9.16 Å². The fourth-order valence-electron chi connectivity index (χ4n) is 7.09. The third-order valence-corrected chi connectivity index (χ3v) is 15.5. The summed E-state index contributed by atoms with van der Waals surface area (Å²) in [6.45, 7) is 17.7. The highest BCUT2D eigenvalue weighted by atomic mass is 32.1. The molecule has 6 rings (SSSR count). The van der Waals surface area contributed by atoms with Gasteiger partial charge in [-0.1, -0.05) is 113 Å². The number of benzene rings is 4. The van der Waals surface area contributed by atoms with Crippen LogP contribution in [-0.2, 0) is 22.0 Å². The minimum absolute atomic E-state index is 0.0865. The third kappa shape index (κ3) is 6.29. The molecule has 0 aliphatic heterocycles. The summed E-state index contributed by atoms with van der Waals surface area (Å²) in [5, 5.41) is 4.78. The quantitative estimate of drug-likeness (QED) is 0.151. The van der Waals surface area contributed by atoms with Crippen molar-refractivity contribution >= 4 is 57.1 Å². The number of hydrogen-bond donors (Lipinski definition) is 0. The zero-order valence-corrected chi connectivity index (χ0v) is 31.3. The summed E-state index contributed by atoms with van der Waals surface area (Å²) in [4.78, 5) is 14.8. The fourth-order valence-corrected chi connectivity index (χ4v) is 13.0. The first-order chi connectivity index (χ1) is 22.8. The number of aryl methyl sites for hydroxylation is 2. The molecule has 2 aromatic heterocycles. The van der Waals surface area contributed by atoms with Gasteiger partial charge in [0.15, 0.2) is 0 Å². The van der Waals surface area contributed by atoms with Crippen molar-refractivity contribution in [3.63, 3.8) is 0 Å². The number of fused-ring (bicyclic) bond motifs is 2. The van der Waals surface area contributed by atoms with Gasteiger partial charge in [0, 0.05) is 16.7 Å². The second-order valence-corrected chi connectivity index (χ2v) is 20.1. The molecule has 0 radical (unpaired) electrons. The summed E-state index contributed by atoms with van der Waals surface area (Å²) in [6, 6.07) is 36.6. The van der Waals surface area contributed by atoms with Crippen molar-refractivity contribution in [1.82, 2.24) is 4.57 Å². The molecule has 0 bridgehead atoms. The predicted octanol–water partition coefficient (Wildman–Crippen LogP) is 10.3. The van der Waals surface area contributed by atoms with Crippen molar-refractivity contribution in [2.45, 2.75) is 78.9 Å². The number of ether oxygens (including phenoxy) is 1. The Bertz CT molecular complexity index is 2020. The standard InChI is InChI=1S/C42H47NO3SSi/c1-9-30-26-32(24-25-45-48(42(6,7)8,33-19-12-10-13-20-33)34-21-14-11-15-22-34)38-29(2)39(47-37(38)27-30)36-28-31-18-16-17-23-35(31)43(36)40(44)46-41(3,4)5/h10-23,26-28H,9,24-25H2,1-8H3. The molecule has 0 atom stereocenters.